The van der Waals surface area contributed by atoms with Crippen LogP contribution in [0.15, 0.2) is 0 Å². The topological polar surface area (TPSA) is 29.5 Å². The lowest BCUT2D eigenvalue weighted by molar-refractivity contribution is 0.0879. The number of hydrogen-bond acceptors (Lipinski definition) is 2. The van der Waals surface area contributed by atoms with E-state index in [-0.39, 0.29) is 12.2 Å². The molecule has 0 aromatic rings. The molecule has 1 saturated heterocycles. The summed E-state index contributed by atoms with van der Waals surface area (Å²) >= 11 is 0. The average molecular weight is 197 g/mol. The van der Waals surface area contributed by atoms with Crippen LogP contribution in [-0.4, -0.2) is 30.2 Å². The molecule has 3 heteroatoms. The number of rotatable bonds is 2. The Balaban J connectivity index is 1.90. The lowest BCUT2D eigenvalue weighted by Gasteiger charge is -2.25. The number of cyclic esters (lactones) is 1. The molecule has 14 heavy (non-hydrogen) atoms. The van der Waals surface area contributed by atoms with E-state index >= 15 is 0 Å². The van der Waals surface area contributed by atoms with Crippen LogP contribution in [0.5, 0.6) is 0 Å². The minimum atomic E-state index is -0.108. The third-order valence-corrected chi connectivity index (χ3v) is 3.47. The van der Waals surface area contributed by atoms with E-state index in [9.17, 15) is 4.79 Å². The first-order valence-electron chi connectivity index (χ1n) is 5.77. The molecule has 0 aromatic carbocycles. The van der Waals surface area contributed by atoms with Gasteiger partial charge >= 0.3 is 6.09 Å². The van der Waals surface area contributed by atoms with E-state index in [1.165, 1.54) is 32.1 Å². The molecular weight excluding hydrogens is 178 g/mol. The lowest BCUT2D eigenvalue weighted by Crippen LogP contribution is -2.28. The Morgan fingerprint density at radius 2 is 2.07 bits per heavy atom. The molecule has 0 aromatic heterocycles. The molecule has 1 atom stereocenters. The molecule has 2 fully saturated rings. The van der Waals surface area contributed by atoms with Gasteiger partial charge in [-0.25, -0.2) is 4.79 Å². The Labute approximate surface area is 85.4 Å². The second-order valence-corrected chi connectivity index (χ2v) is 4.36. The van der Waals surface area contributed by atoms with Crippen molar-refractivity contribution in [3.8, 4) is 0 Å². The molecule has 0 bridgehead atoms. The van der Waals surface area contributed by atoms with Crippen LogP contribution in [0.4, 0.5) is 4.79 Å². The van der Waals surface area contributed by atoms with Gasteiger partial charge in [-0.05, 0) is 25.7 Å². The zero-order valence-electron chi connectivity index (χ0n) is 8.87. The number of amides is 1. The molecule has 2 aliphatic rings. The average Bonchev–Trinajstić information content (AvgIpc) is 2.61. The summed E-state index contributed by atoms with van der Waals surface area (Å²) in [5.41, 5.74) is 0. The van der Waals surface area contributed by atoms with Gasteiger partial charge in [0, 0.05) is 6.54 Å². The minimum absolute atomic E-state index is 0.108. The molecule has 2 rings (SSSR count). The number of carbonyl (C=O) groups excluding carboxylic acids is 1. The first-order valence-corrected chi connectivity index (χ1v) is 5.77. The quantitative estimate of drug-likeness (QED) is 0.680. The van der Waals surface area contributed by atoms with Crippen molar-refractivity contribution in [2.45, 2.75) is 45.1 Å². The Morgan fingerprint density at radius 1 is 1.36 bits per heavy atom. The largest absolute Gasteiger partial charge is 0.444 e. The summed E-state index contributed by atoms with van der Waals surface area (Å²) in [6.07, 6.45) is 6.54. The summed E-state index contributed by atoms with van der Waals surface area (Å²) in [5, 5.41) is 0. The highest BCUT2D eigenvalue weighted by Crippen LogP contribution is 2.30. The number of nitrogens with zero attached hydrogens (tertiary/aromatic N) is 1. The van der Waals surface area contributed by atoms with Crippen LogP contribution in [0.3, 0.4) is 0 Å². The molecule has 0 spiro atoms. The van der Waals surface area contributed by atoms with Crippen LogP contribution in [0, 0.1) is 5.92 Å². The van der Waals surface area contributed by atoms with Crippen molar-refractivity contribution in [3.05, 3.63) is 0 Å². The van der Waals surface area contributed by atoms with Gasteiger partial charge in [0.15, 0.2) is 0 Å². The van der Waals surface area contributed by atoms with Gasteiger partial charge < -0.3 is 9.64 Å². The van der Waals surface area contributed by atoms with Gasteiger partial charge in [0.2, 0.25) is 0 Å². The second kappa shape index (κ2) is 4.20. The van der Waals surface area contributed by atoms with E-state index in [1.54, 1.807) is 4.90 Å². The minimum Gasteiger partial charge on any atom is -0.444 e. The van der Waals surface area contributed by atoms with Crippen LogP contribution in [0.25, 0.3) is 0 Å². The van der Waals surface area contributed by atoms with Crippen LogP contribution in [0.2, 0.25) is 0 Å². The smallest absolute Gasteiger partial charge is 0.410 e. The predicted octanol–water partition coefficient (Wildman–Crippen LogP) is 2.41. The fourth-order valence-corrected chi connectivity index (χ4v) is 2.54. The van der Waals surface area contributed by atoms with Gasteiger partial charge in [0.1, 0.15) is 6.10 Å². The SMILES string of the molecule is CCN1CC(C2CCCCC2)OC1=O. The van der Waals surface area contributed by atoms with Crippen molar-refractivity contribution >= 4 is 6.09 Å². The number of carbonyl (C=O) groups is 1. The van der Waals surface area contributed by atoms with Crippen molar-refractivity contribution in [3.63, 3.8) is 0 Å². The van der Waals surface area contributed by atoms with Gasteiger partial charge in [-0.1, -0.05) is 19.3 Å². The monoisotopic (exact) mass is 197 g/mol. The zero-order valence-corrected chi connectivity index (χ0v) is 8.87. The molecule has 1 unspecified atom stereocenters. The summed E-state index contributed by atoms with van der Waals surface area (Å²) in [6, 6.07) is 0. The fourth-order valence-electron chi connectivity index (χ4n) is 2.54. The third-order valence-electron chi connectivity index (χ3n) is 3.47. The van der Waals surface area contributed by atoms with Crippen molar-refractivity contribution < 1.29 is 9.53 Å². The zero-order chi connectivity index (χ0) is 9.97. The number of likely N-dealkylation sites (N-methyl/N-ethyl adjacent to an activating group) is 1. The fraction of sp³-hybridized carbons (Fsp3) is 0.909. The Hall–Kier alpha value is -0.730. The molecule has 1 amide bonds. The molecule has 80 valence electrons. The molecule has 0 N–H and O–H groups in total. The van der Waals surface area contributed by atoms with Crippen molar-refractivity contribution in [2.75, 3.05) is 13.1 Å². The maximum atomic E-state index is 11.4. The van der Waals surface area contributed by atoms with Crippen molar-refractivity contribution in [2.24, 2.45) is 5.92 Å². The first-order chi connectivity index (χ1) is 6.81. The van der Waals surface area contributed by atoms with Crippen molar-refractivity contribution in [1.29, 1.82) is 0 Å². The van der Waals surface area contributed by atoms with Crippen LogP contribution in [-0.2, 0) is 4.74 Å². The molecule has 0 radical (unpaired) electrons. The highest BCUT2D eigenvalue weighted by Gasteiger charge is 2.35. The number of hydrogen-bond donors (Lipinski definition) is 0. The van der Waals surface area contributed by atoms with E-state index < -0.39 is 0 Å². The summed E-state index contributed by atoms with van der Waals surface area (Å²) < 4.78 is 5.39. The molecule has 1 heterocycles. The highest BCUT2D eigenvalue weighted by atomic mass is 16.6. The van der Waals surface area contributed by atoms with E-state index in [2.05, 4.69) is 0 Å². The van der Waals surface area contributed by atoms with Gasteiger partial charge in [-0.3, -0.25) is 0 Å². The van der Waals surface area contributed by atoms with Crippen molar-refractivity contribution in [1.82, 2.24) is 4.90 Å². The normalized spacial score (nSPS) is 29.4. The highest BCUT2D eigenvalue weighted by molar-refractivity contribution is 5.69. The Bertz CT molecular complexity index is 211. The summed E-state index contributed by atoms with van der Waals surface area (Å²) in [4.78, 5) is 13.2. The molecule has 1 aliphatic heterocycles. The standard InChI is InChI=1S/C11H19NO2/c1-2-12-8-10(14-11(12)13)9-6-4-3-5-7-9/h9-10H,2-8H2,1H3. The van der Waals surface area contributed by atoms with Gasteiger partial charge in [0.25, 0.3) is 0 Å². The van der Waals surface area contributed by atoms with E-state index in [0.717, 1.165) is 13.1 Å². The first kappa shape index (κ1) is 9.81. The lowest BCUT2D eigenvalue weighted by atomic mass is 9.85. The van der Waals surface area contributed by atoms with E-state index in [1.807, 2.05) is 6.92 Å². The Kier molecular flexibility index (Phi) is 2.94. The Morgan fingerprint density at radius 3 is 2.64 bits per heavy atom. The number of ether oxygens (including phenoxy) is 1. The molecular formula is C11H19NO2. The summed E-state index contributed by atoms with van der Waals surface area (Å²) in [5.74, 6) is 0.629. The van der Waals surface area contributed by atoms with Gasteiger partial charge in [0.05, 0.1) is 6.54 Å². The van der Waals surface area contributed by atoms with Crippen LogP contribution < -0.4 is 0 Å². The summed E-state index contributed by atoms with van der Waals surface area (Å²) in [7, 11) is 0. The maximum absolute atomic E-state index is 11.4. The third kappa shape index (κ3) is 1.86. The summed E-state index contributed by atoms with van der Waals surface area (Å²) in [6.45, 7) is 3.60. The van der Waals surface area contributed by atoms with E-state index in [4.69, 9.17) is 4.74 Å². The molecule has 1 aliphatic carbocycles. The van der Waals surface area contributed by atoms with E-state index in [0.29, 0.717) is 5.92 Å². The second-order valence-electron chi connectivity index (χ2n) is 4.36. The van der Waals surface area contributed by atoms with Gasteiger partial charge in [-0.15, -0.1) is 0 Å². The maximum Gasteiger partial charge on any atom is 0.410 e. The van der Waals surface area contributed by atoms with Crippen LogP contribution in [0.1, 0.15) is 39.0 Å². The van der Waals surface area contributed by atoms with Crippen LogP contribution >= 0.6 is 0 Å². The molecule has 1 saturated carbocycles. The van der Waals surface area contributed by atoms with Gasteiger partial charge in [-0.2, -0.15) is 0 Å². The predicted molar refractivity (Wildman–Crippen MR) is 54.1 cm³/mol. The molecule has 3 nitrogen and oxygen atoms in total.